The second kappa shape index (κ2) is 6.55. The Labute approximate surface area is 109 Å². The van der Waals surface area contributed by atoms with Crippen LogP contribution in [0.4, 0.5) is 0 Å². The Morgan fingerprint density at radius 1 is 1.50 bits per heavy atom. The lowest BCUT2D eigenvalue weighted by Crippen LogP contribution is -2.29. The molecule has 0 saturated carbocycles. The van der Waals surface area contributed by atoms with Gasteiger partial charge in [-0.3, -0.25) is 0 Å². The fourth-order valence-electron chi connectivity index (χ4n) is 2.52. The second-order valence-electron chi connectivity index (χ2n) is 4.96. The highest BCUT2D eigenvalue weighted by molar-refractivity contribution is 5.16. The lowest BCUT2D eigenvalue weighted by Gasteiger charge is -2.15. The average molecular weight is 246 g/mol. The van der Waals surface area contributed by atoms with Gasteiger partial charge in [-0.25, -0.2) is 4.98 Å². The van der Waals surface area contributed by atoms with Crippen molar-refractivity contribution >= 4 is 0 Å². The molecule has 1 aliphatic carbocycles. The van der Waals surface area contributed by atoms with E-state index in [-0.39, 0.29) is 6.04 Å². The van der Waals surface area contributed by atoms with E-state index in [9.17, 15) is 0 Å². The van der Waals surface area contributed by atoms with Crippen LogP contribution in [0.1, 0.15) is 44.0 Å². The van der Waals surface area contributed by atoms with E-state index in [1.54, 1.807) is 0 Å². The van der Waals surface area contributed by atoms with Crippen LogP contribution in [-0.4, -0.2) is 22.1 Å². The van der Waals surface area contributed by atoms with E-state index in [0.717, 1.165) is 38.8 Å². The molecule has 0 aliphatic heterocycles. The molecule has 18 heavy (non-hydrogen) atoms. The Balaban J connectivity index is 1.89. The first-order valence-corrected chi connectivity index (χ1v) is 7.01. The second-order valence-corrected chi connectivity index (χ2v) is 4.96. The standard InChI is InChI=1S/C14H22N4/c1-2-8-16-12(10-15)7-9-18-11-17-13-5-3-4-6-14(13)18/h11-12,16H,2-9H2,1H3. The molecule has 1 heterocycles. The number of nitrogens with one attached hydrogen (secondary N) is 1. The highest BCUT2D eigenvalue weighted by atomic mass is 15.1. The molecular weight excluding hydrogens is 224 g/mol. The third-order valence-electron chi connectivity index (χ3n) is 3.57. The van der Waals surface area contributed by atoms with Gasteiger partial charge in [0.05, 0.1) is 24.1 Å². The van der Waals surface area contributed by atoms with Gasteiger partial charge in [-0.2, -0.15) is 5.26 Å². The fraction of sp³-hybridized carbons (Fsp3) is 0.714. The molecule has 2 rings (SSSR count). The predicted molar refractivity (Wildman–Crippen MR) is 71.2 cm³/mol. The van der Waals surface area contributed by atoms with Crippen LogP contribution in [0, 0.1) is 11.3 Å². The molecule has 0 radical (unpaired) electrons. The summed E-state index contributed by atoms with van der Waals surface area (Å²) in [5.41, 5.74) is 2.67. The summed E-state index contributed by atoms with van der Waals surface area (Å²) in [6, 6.07) is 2.30. The van der Waals surface area contributed by atoms with Crippen LogP contribution in [0.25, 0.3) is 0 Å². The Kier molecular flexibility index (Phi) is 4.77. The molecule has 1 aliphatic rings. The summed E-state index contributed by atoms with van der Waals surface area (Å²) < 4.78 is 2.24. The molecular formula is C14H22N4. The van der Waals surface area contributed by atoms with Gasteiger partial charge in [0.1, 0.15) is 0 Å². The van der Waals surface area contributed by atoms with E-state index < -0.39 is 0 Å². The maximum Gasteiger partial charge on any atom is 0.0970 e. The third kappa shape index (κ3) is 3.11. The highest BCUT2D eigenvalue weighted by Crippen LogP contribution is 2.20. The average Bonchev–Trinajstić information content (AvgIpc) is 2.82. The third-order valence-corrected chi connectivity index (χ3v) is 3.57. The summed E-state index contributed by atoms with van der Waals surface area (Å²) in [5, 5.41) is 12.3. The number of hydrogen-bond acceptors (Lipinski definition) is 3. The number of fused-ring (bicyclic) bond motifs is 1. The van der Waals surface area contributed by atoms with Crippen LogP contribution in [-0.2, 0) is 19.4 Å². The van der Waals surface area contributed by atoms with Crippen molar-refractivity contribution in [3.63, 3.8) is 0 Å². The van der Waals surface area contributed by atoms with Gasteiger partial charge < -0.3 is 9.88 Å². The van der Waals surface area contributed by atoms with Crippen LogP contribution in [0.3, 0.4) is 0 Å². The van der Waals surface area contributed by atoms with Gasteiger partial charge in [0.15, 0.2) is 0 Å². The first-order valence-electron chi connectivity index (χ1n) is 7.01. The Bertz CT molecular complexity index is 416. The molecule has 1 aromatic heterocycles. The quantitative estimate of drug-likeness (QED) is 0.835. The number of aromatic nitrogens is 2. The van der Waals surface area contributed by atoms with E-state index in [1.165, 1.54) is 24.2 Å². The molecule has 4 heteroatoms. The molecule has 0 bridgehead atoms. The maximum atomic E-state index is 9.08. The minimum Gasteiger partial charge on any atom is -0.334 e. The Morgan fingerprint density at radius 3 is 3.11 bits per heavy atom. The van der Waals surface area contributed by atoms with Crippen LogP contribution in [0.5, 0.6) is 0 Å². The zero-order chi connectivity index (χ0) is 12.8. The van der Waals surface area contributed by atoms with Crippen molar-refractivity contribution in [2.45, 2.75) is 58.0 Å². The fourth-order valence-corrected chi connectivity index (χ4v) is 2.52. The minimum atomic E-state index is -0.0356. The van der Waals surface area contributed by atoms with Crippen molar-refractivity contribution in [3.05, 3.63) is 17.7 Å². The van der Waals surface area contributed by atoms with Gasteiger partial charge in [-0.1, -0.05) is 6.92 Å². The number of nitriles is 1. The normalized spacial score (nSPS) is 16.0. The number of hydrogen-bond donors (Lipinski definition) is 1. The number of rotatable bonds is 6. The van der Waals surface area contributed by atoms with Crippen LogP contribution in [0.2, 0.25) is 0 Å². The van der Waals surface area contributed by atoms with Gasteiger partial charge in [0.25, 0.3) is 0 Å². The molecule has 1 N–H and O–H groups in total. The largest absolute Gasteiger partial charge is 0.334 e. The molecule has 0 fully saturated rings. The lowest BCUT2D eigenvalue weighted by atomic mass is 10.0. The molecule has 1 unspecified atom stereocenters. The van der Waals surface area contributed by atoms with Crippen molar-refractivity contribution in [1.82, 2.24) is 14.9 Å². The van der Waals surface area contributed by atoms with E-state index in [0.29, 0.717) is 0 Å². The monoisotopic (exact) mass is 246 g/mol. The molecule has 1 atom stereocenters. The van der Waals surface area contributed by atoms with Crippen molar-refractivity contribution in [1.29, 1.82) is 5.26 Å². The summed E-state index contributed by atoms with van der Waals surface area (Å²) in [6.45, 7) is 3.94. The van der Waals surface area contributed by atoms with Crippen molar-refractivity contribution < 1.29 is 0 Å². The van der Waals surface area contributed by atoms with Crippen molar-refractivity contribution in [2.75, 3.05) is 6.54 Å². The molecule has 0 aromatic carbocycles. The molecule has 1 aromatic rings. The molecule has 98 valence electrons. The summed E-state index contributed by atoms with van der Waals surface area (Å²) in [6.07, 6.45) is 8.69. The first kappa shape index (κ1) is 13.1. The SMILES string of the molecule is CCCNC(C#N)CCn1cnc2c1CCCC2. The topological polar surface area (TPSA) is 53.6 Å². The van der Waals surface area contributed by atoms with Crippen molar-refractivity contribution in [2.24, 2.45) is 0 Å². The molecule has 0 spiro atoms. The Hall–Kier alpha value is -1.34. The zero-order valence-corrected chi connectivity index (χ0v) is 11.2. The number of imidazole rings is 1. The smallest absolute Gasteiger partial charge is 0.0970 e. The van der Waals surface area contributed by atoms with Gasteiger partial charge in [0, 0.05) is 12.2 Å². The molecule has 4 nitrogen and oxygen atoms in total. The zero-order valence-electron chi connectivity index (χ0n) is 11.2. The van der Waals surface area contributed by atoms with Crippen LogP contribution in [0.15, 0.2) is 6.33 Å². The summed E-state index contributed by atoms with van der Waals surface area (Å²) in [4.78, 5) is 4.48. The molecule has 0 amide bonds. The lowest BCUT2D eigenvalue weighted by molar-refractivity contribution is 0.503. The van der Waals surface area contributed by atoms with Crippen LogP contribution < -0.4 is 5.32 Å². The summed E-state index contributed by atoms with van der Waals surface area (Å²) in [7, 11) is 0. The van der Waals surface area contributed by atoms with Crippen molar-refractivity contribution in [3.8, 4) is 6.07 Å². The summed E-state index contributed by atoms with van der Waals surface area (Å²) in [5.74, 6) is 0. The highest BCUT2D eigenvalue weighted by Gasteiger charge is 2.15. The van der Waals surface area contributed by atoms with Gasteiger partial charge in [0.2, 0.25) is 0 Å². The molecule has 0 saturated heterocycles. The number of nitrogens with zero attached hydrogens (tertiary/aromatic N) is 3. The minimum absolute atomic E-state index is 0.0356. The van der Waals surface area contributed by atoms with Gasteiger partial charge in [-0.15, -0.1) is 0 Å². The summed E-state index contributed by atoms with van der Waals surface area (Å²) >= 11 is 0. The van der Waals surface area contributed by atoms with E-state index in [2.05, 4.69) is 27.9 Å². The predicted octanol–water partition coefficient (Wildman–Crippen LogP) is 2.04. The number of aryl methyl sites for hydroxylation is 2. The first-order chi connectivity index (χ1) is 8.85. The van der Waals surface area contributed by atoms with Gasteiger partial charge >= 0.3 is 0 Å². The maximum absolute atomic E-state index is 9.08. The van der Waals surface area contributed by atoms with Crippen LogP contribution >= 0.6 is 0 Å². The van der Waals surface area contributed by atoms with E-state index in [4.69, 9.17) is 5.26 Å². The van der Waals surface area contributed by atoms with E-state index >= 15 is 0 Å². The Morgan fingerprint density at radius 2 is 2.33 bits per heavy atom. The van der Waals surface area contributed by atoms with E-state index in [1.807, 2.05) is 6.33 Å². The van der Waals surface area contributed by atoms with Gasteiger partial charge in [-0.05, 0) is 45.1 Å².